The number of hydrogen-bond donors (Lipinski definition) is 1. The van der Waals surface area contributed by atoms with Crippen molar-refractivity contribution < 1.29 is 14.1 Å². The van der Waals surface area contributed by atoms with Crippen LogP contribution in [0.25, 0.3) is 21.8 Å². The van der Waals surface area contributed by atoms with Gasteiger partial charge in [0.2, 0.25) is 0 Å². The molecule has 2 atom stereocenters. The molecule has 2 aromatic heterocycles. The second-order valence-corrected chi connectivity index (χ2v) is 8.95. The Morgan fingerprint density at radius 3 is 2.82 bits per heavy atom. The molecule has 33 heavy (non-hydrogen) atoms. The van der Waals surface area contributed by atoms with Gasteiger partial charge in [0.15, 0.2) is 0 Å². The number of benzene rings is 2. The van der Waals surface area contributed by atoms with Gasteiger partial charge in [0, 0.05) is 17.1 Å². The first-order valence-corrected chi connectivity index (χ1v) is 11.5. The van der Waals surface area contributed by atoms with E-state index >= 15 is 0 Å². The summed E-state index contributed by atoms with van der Waals surface area (Å²) in [6, 6.07) is 14.7. The van der Waals surface area contributed by atoms with Gasteiger partial charge in [-0.2, -0.15) is 0 Å². The smallest absolute Gasteiger partial charge is 0.411 e. The van der Waals surface area contributed by atoms with Crippen molar-refractivity contribution in [3.05, 3.63) is 69.7 Å². The molecule has 1 aliphatic rings. The SMILES string of the molecule is Cc1onc2c1c(=O)n(C1CCCC(COC(=O)Nc3ccccc3)C1)c1cccc(Cl)c21. The van der Waals surface area contributed by atoms with Crippen LogP contribution in [0.5, 0.6) is 0 Å². The lowest BCUT2D eigenvalue weighted by atomic mass is 9.85. The second kappa shape index (κ2) is 8.90. The van der Waals surface area contributed by atoms with Crippen molar-refractivity contribution in [2.75, 3.05) is 11.9 Å². The van der Waals surface area contributed by atoms with Crippen molar-refractivity contribution in [2.24, 2.45) is 5.92 Å². The first-order chi connectivity index (χ1) is 16.0. The maximum Gasteiger partial charge on any atom is 0.411 e. The number of anilines is 1. The molecule has 0 aliphatic heterocycles. The Balaban J connectivity index is 1.40. The summed E-state index contributed by atoms with van der Waals surface area (Å²) >= 11 is 6.53. The predicted molar refractivity (Wildman–Crippen MR) is 128 cm³/mol. The van der Waals surface area contributed by atoms with Crippen LogP contribution in [0.2, 0.25) is 5.02 Å². The van der Waals surface area contributed by atoms with E-state index in [1.165, 1.54) is 0 Å². The normalized spacial score (nSPS) is 18.5. The first-order valence-electron chi connectivity index (χ1n) is 11.1. The highest BCUT2D eigenvalue weighted by atomic mass is 35.5. The fraction of sp³-hybridized carbons (Fsp3) is 0.320. The topological polar surface area (TPSA) is 86.4 Å². The molecule has 2 aromatic carbocycles. The maximum atomic E-state index is 13.5. The van der Waals surface area contributed by atoms with Gasteiger partial charge in [-0.1, -0.05) is 47.4 Å². The second-order valence-electron chi connectivity index (χ2n) is 8.55. The third kappa shape index (κ3) is 4.09. The molecule has 1 amide bonds. The number of aryl methyl sites for hydroxylation is 1. The van der Waals surface area contributed by atoms with Gasteiger partial charge < -0.3 is 13.8 Å². The molecule has 4 aromatic rings. The zero-order valence-electron chi connectivity index (χ0n) is 18.2. The van der Waals surface area contributed by atoms with E-state index in [0.717, 1.165) is 36.6 Å². The van der Waals surface area contributed by atoms with E-state index in [0.29, 0.717) is 34.0 Å². The van der Waals surface area contributed by atoms with Gasteiger partial charge in [-0.05, 0) is 56.4 Å². The Labute approximate surface area is 195 Å². The first kappa shape index (κ1) is 21.5. The molecule has 0 bridgehead atoms. The summed E-state index contributed by atoms with van der Waals surface area (Å²) < 4.78 is 12.7. The van der Waals surface area contributed by atoms with E-state index in [1.54, 1.807) is 13.0 Å². The van der Waals surface area contributed by atoms with Gasteiger partial charge in [0.05, 0.1) is 17.1 Å². The lowest BCUT2D eigenvalue weighted by Gasteiger charge is -2.31. The third-order valence-electron chi connectivity index (χ3n) is 6.37. The molecule has 1 saturated carbocycles. The molecule has 170 valence electrons. The summed E-state index contributed by atoms with van der Waals surface area (Å²) in [5.41, 5.74) is 1.83. The van der Waals surface area contributed by atoms with E-state index in [4.69, 9.17) is 20.9 Å². The molecule has 5 rings (SSSR count). The highest BCUT2D eigenvalue weighted by Gasteiger charge is 2.28. The number of halogens is 1. The van der Waals surface area contributed by atoms with E-state index in [1.807, 2.05) is 47.0 Å². The van der Waals surface area contributed by atoms with Gasteiger partial charge in [-0.15, -0.1) is 0 Å². The highest BCUT2D eigenvalue weighted by Crippen LogP contribution is 2.37. The largest absolute Gasteiger partial charge is 0.449 e. The Morgan fingerprint density at radius 2 is 2.00 bits per heavy atom. The number of hydrogen-bond acceptors (Lipinski definition) is 5. The average Bonchev–Trinajstić information content (AvgIpc) is 3.20. The molecule has 0 radical (unpaired) electrons. The minimum Gasteiger partial charge on any atom is -0.449 e. The van der Waals surface area contributed by atoms with Crippen LogP contribution in [-0.4, -0.2) is 22.4 Å². The molecule has 8 heteroatoms. The fourth-order valence-corrected chi connectivity index (χ4v) is 5.11. The summed E-state index contributed by atoms with van der Waals surface area (Å²) in [5.74, 6) is 0.643. The van der Waals surface area contributed by atoms with Crippen molar-refractivity contribution in [3.8, 4) is 0 Å². The number of rotatable bonds is 4. The number of ether oxygens (including phenoxy) is 1. The van der Waals surface area contributed by atoms with Gasteiger partial charge in [0.1, 0.15) is 16.7 Å². The molecule has 0 spiro atoms. The Hall–Kier alpha value is -3.32. The van der Waals surface area contributed by atoms with Gasteiger partial charge in [0.25, 0.3) is 5.56 Å². The Morgan fingerprint density at radius 1 is 1.18 bits per heavy atom. The van der Waals surface area contributed by atoms with Crippen LogP contribution in [-0.2, 0) is 4.74 Å². The predicted octanol–water partition coefficient (Wildman–Crippen LogP) is 6.08. The summed E-state index contributed by atoms with van der Waals surface area (Å²) in [6.07, 6.45) is 3.00. The lowest BCUT2D eigenvalue weighted by molar-refractivity contribution is 0.118. The van der Waals surface area contributed by atoms with E-state index < -0.39 is 6.09 Å². The van der Waals surface area contributed by atoms with E-state index in [-0.39, 0.29) is 17.5 Å². The van der Waals surface area contributed by atoms with Crippen LogP contribution in [0.15, 0.2) is 57.8 Å². The molecule has 2 unspecified atom stereocenters. The summed E-state index contributed by atoms with van der Waals surface area (Å²) in [5, 5.41) is 8.59. The van der Waals surface area contributed by atoms with Crippen LogP contribution in [0.1, 0.15) is 37.5 Å². The van der Waals surface area contributed by atoms with Crippen molar-refractivity contribution in [2.45, 2.75) is 38.6 Å². The van der Waals surface area contributed by atoms with Gasteiger partial charge in [-0.25, -0.2) is 4.79 Å². The number of carbonyl (C=O) groups is 1. The minimum absolute atomic E-state index is 0.0308. The van der Waals surface area contributed by atoms with Gasteiger partial charge >= 0.3 is 6.09 Å². The number of carbonyl (C=O) groups excluding carboxylic acids is 1. The van der Waals surface area contributed by atoms with Crippen LogP contribution in [0.3, 0.4) is 0 Å². The zero-order valence-corrected chi connectivity index (χ0v) is 19.0. The van der Waals surface area contributed by atoms with Crippen LogP contribution in [0.4, 0.5) is 10.5 Å². The highest BCUT2D eigenvalue weighted by molar-refractivity contribution is 6.37. The third-order valence-corrected chi connectivity index (χ3v) is 6.69. The molecular formula is C25H24ClN3O4. The monoisotopic (exact) mass is 465 g/mol. The van der Waals surface area contributed by atoms with E-state index in [2.05, 4.69) is 10.5 Å². The molecule has 7 nitrogen and oxygen atoms in total. The number of aromatic nitrogens is 2. The molecule has 1 N–H and O–H groups in total. The maximum absolute atomic E-state index is 13.5. The number of para-hydroxylation sites is 1. The lowest BCUT2D eigenvalue weighted by Crippen LogP contribution is -2.31. The van der Waals surface area contributed by atoms with Crippen molar-refractivity contribution in [3.63, 3.8) is 0 Å². The van der Waals surface area contributed by atoms with Crippen LogP contribution in [0, 0.1) is 12.8 Å². The number of nitrogens with zero attached hydrogens (tertiary/aromatic N) is 2. The minimum atomic E-state index is -0.473. The zero-order chi connectivity index (χ0) is 22.9. The summed E-state index contributed by atoms with van der Waals surface area (Å²) in [4.78, 5) is 25.7. The van der Waals surface area contributed by atoms with Crippen LogP contribution >= 0.6 is 11.6 Å². The summed E-state index contributed by atoms with van der Waals surface area (Å²) in [7, 11) is 0. The molecular weight excluding hydrogens is 442 g/mol. The number of amides is 1. The number of nitrogens with one attached hydrogen (secondary N) is 1. The average molecular weight is 466 g/mol. The fourth-order valence-electron chi connectivity index (χ4n) is 4.85. The molecule has 0 saturated heterocycles. The van der Waals surface area contributed by atoms with Crippen molar-refractivity contribution in [1.29, 1.82) is 0 Å². The molecule has 2 heterocycles. The standard InChI is InChI=1S/C25H24ClN3O4/c1-15-21-23(28-33-15)22-19(26)11-6-12-20(22)29(24(21)30)18-10-5-7-16(13-18)14-32-25(31)27-17-8-3-2-4-9-17/h2-4,6,8-9,11-12,16,18H,5,7,10,13-14H2,1H3,(H,27,31). The van der Waals surface area contributed by atoms with Crippen LogP contribution < -0.4 is 10.9 Å². The van der Waals surface area contributed by atoms with Gasteiger partial charge in [-0.3, -0.25) is 10.1 Å². The summed E-state index contributed by atoms with van der Waals surface area (Å²) in [6.45, 7) is 2.05. The number of fused-ring (bicyclic) bond motifs is 3. The quantitative estimate of drug-likeness (QED) is 0.394. The Kier molecular flexibility index (Phi) is 5.81. The van der Waals surface area contributed by atoms with E-state index in [9.17, 15) is 9.59 Å². The van der Waals surface area contributed by atoms with Crippen molar-refractivity contribution >= 4 is 45.2 Å². The Bertz CT molecular complexity index is 1380. The molecule has 1 aliphatic carbocycles. The number of pyridine rings is 1. The molecule has 1 fully saturated rings. The van der Waals surface area contributed by atoms with Crippen molar-refractivity contribution in [1.82, 2.24) is 9.72 Å².